The highest BCUT2D eigenvalue weighted by molar-refractivity contribution is 8.01. The first kappa shape index (κ1) is 31.7. The number of piperidine rings is 1. The van der Waals surface area contributed by atoms with Gasteiger partial charge in [0.1, 0.15) is 16.7 Å². The second-order valence-corrected chi connectivity index (χ2v) is 15.5. The number of carbonyl (C=O) groups is 3. The molecular weight excluding hydrogens is 586 g/mol. The molecule has 0 aromatic heterocycles. The molecule has 2 aromatic rings. The highest BCUT2D eigenvalue weighted by Crippen LogP contribution is 2.48. The van der Waals surface area contributed by atoms with Crippen molar-refractivity contribution in [2.45, 2.75) is 62.7 Å². The number of carbonyl (C=O) groups excluding carboxylic acids is 3. The zero-order valence-electron chi connectivity index (χ0n) is 27.1. The van der Waals surface area contributed by atoms with Crippen LogP contribution in [0.25, 0.3) is 0 Å². The molecule has 0 saturated carbocycles. The minimum atomic E-state index is -0.543. The minimum Gasteiger partial charge on any atom is -0.484 e. The highest BCUT2D eigenvalue weighted by Gasteiger charge is 2.45. The number of amides is 3. The van der Waals surface area contributed by atoms with Gasteiger partial charge in [-0.2, -0.15) is 0 Å². The molecule has 242 valence electrons. The number of nitrogens with one attached hydrogen (secondary N) is 1. The maximum atomic E-state index is 14.0. The number of hydrogen-bond acceptors (Lipinski definition) is 7. The largest absolute Gasteiger partial charge is 0.484 e. The second-order valence-electron chi connectivity index (χ2n) is 14.2. The number of anilines is 1. The predicted octanol–water partition coefficient (Wildman–Crippen LogP) is 4.39. The highest BCUT2D eigenvalue weighted by atomic mass is 32.2. The fraction of sp³-hybridized carbons (Fsp3) is 0.571. The molecule has 2 atom stereocenters. The van der Waals surface area contributed by atoms with Gasteiger partial charge in [-0.3, -0.25) is 14.4 Å². The monoisotopic (exact) mass is 633 g/mol. The molecule has 2 unspecified atom stereocenters. The van der Waals surface area contributed by atoms with E-state index in [1.54, 1.807) is 17.8 Å². The van der Waals surface area contributed by atoms with E-state index in [4.69, 9.17) is 4.74 Å². The average molecular weight is 634 g/mol. The van der Waals surface area contributed by atoms with Crippen molar-refractivity contribution in [3.63, 3.8) is 0 Å². The number of thioether (sulfide) groups is 1. The molecular formula is C35H47N5O4S. The Kier molecular flexibility index (Phi) is 9.07. The van der Waals surface area contributed by atoms with Crippen LogP contribution in [0.2, 0.25) is 0 Å². The first-order chi connectivity index (χ1) is 21.5. The van der Waals surface area contributed by atoms with Gasteiger partial charge in [0.15, 0.2) is 0 Å². The quantitative estimate of drug-likeness (QED) is 0.505. The van der Waals surface area contributed by atoms with Crippen LogP contribution < -0.4 is 15.0 Å². The zero-order chi connectivity index (χ0) is 31.8. The average Bonchev–Trinajstić information content (AvgIpc) is 3.25. The summed E-state index contributed by atoms with van der Waals surface area (Å²) in [4.78, 5) is 49.1. The summed E-state index contributed by atoms with van der Waals surface area (Å²) in [6, 6.07) is 15.8. The Morgan fingerprint density at radius 2 is 1.67 bits per heavy atom. The molecule has 3 saturated heterocycles. The third-order valence-corrected chi connectivity index (χ3v) is 11.2. The molecule has 45 heavy (non-hydrogen) atoms. The lowest BCUT2D eigenvalue weighted by molar-refractivity contribution is -0.138. The van der Waals surface area contributed by atoms with Gasteiger partial charge < -0.3 is 29.7 Å². The standard InChI is InChI=1S/C35H47N5O4S/c1-34(2,3)13-18-40-32(43)29(45-33(40)25-9-5-7-11-27(25)38-21-19-37(4)20-22-38)23-30(41)39-16-14-35(15-17-39)24-36-31(42)26-10-6-8-12-28(26)44-35/h5-12,29,33H,13-24H2,1-4H3,(H,36,42). The lowest BCUT2D eigenvalue weighted by Gasteiger charge is -2.41. The van der Waals surface area contributed by atoms with Gasteiger partial charge in [-0.15, -0.1) is 11.8 Å². The number of likely N-dealkylation sites (N-methyl/N-ethyl adjacent to an activating group) is 1. The Labute approximate surface area is 271 Å². The number of hydrogen-bond donors (Lipinski definition) is 1. The van der Waals surface area contributed by atoms with Crippen molar-refractivity contribution in [2.24, 2.45) is 5.41 Å². The Hall–Kier alpha value is -3.24. The Bertz CT molecular complexity index is 1410. The van der Waals surface area contributed by atoms with E-state index in [9.17, 15) is 14.4 Å². The number of piperazine rings is 1. The molecule has 4 heterocycles. The molecule has 1 spiro atoms. The molecule has 3 fully saturated rings. The van der Waals surface area contributed by atoms with Crippen molar-refractivity contribution in [1.82, 2.24) is 20.0 Å². The summed E-state index contributed by atoms with van der Waals surface area (Å²) >= 11 is 1.64. The summed E-state index contributed by atoms with van der Waals surface area (Å²) in [5.74, 6) is 0.546. The minimum absolute atomic E-state index is 0.0116. The van der Waals surface area contributed by atoms with E-state index in [1.807, 2.05) is 28.0 Å². The molecule has 1 N–H and O–H groups in total. The summed E-state index contributed by atoms with van der Waals surface area (Å²) in [6.45, 7) is 12.7. The lowest BCUT2D eigenvalue weighted by atomic mass is 9.90. The van der Waals surface area contributed by atoms with E-state index >= 15 is 0 Å². The van der Waals surface area contributed by atoms with Crippen LogP contribution in [-0.2, 0) is 9.59 Å². The van der Waals surface area contributed by atoms with Gasteiger partial charge in [0, 0.05) is 76.3 Å². The summed E-state index contributed by atoms with van der Waals surface area (Å²) < 4.78 is 6.44. The maximum Gasteiger partial charge on any atom is 0.255 e. The van der Waals surface area contributed by atoms with Crippen LogP contribution >= 0.6 is 11.8 Å². The van der Waals surface area contributed by atoms with Crippen molar-refractivity contribution in [3.05, 3.63) is 59.7 Å². The van der Waals surface area contributed by atoms with Crippen LogP contribution in [0.3, 0.4) is 0 Å². The summed E-state index contributed by atoms with van der Waals surface area (Å²) in [7, 11) is 2.16. The Morgan fingerprint density at radius 1 is 0.978 bits per heavy atom. The molecule has 4 aliphatic heterocycles. The van der Waals surface area contributed by atoms with Crippen LogP contribution in [0.5, 0.6) is 5.75 Å². The molecule has 0 aliphatic carbocycles. The summed E-state index contributed by atoms with van der Waals surface area (Å²) in [5, 5.41) is 2.48. The van der Waals surface area contributed by atoms with Crippen molar-refractivity contribution in [1.29, 1.82) is 0 Å². The van der Waals surface area contributed by atoms with Gasteiger partial charge in [-0.25, -0.2) is 0 Å². The van der Waals surface area contributed by atoms with Crippen molar-refractivity contribution in [3.8, 4) is 5.75 Å². The molecule has 6 rings (SSSR count). The number of fused-ring (bicyclic) bond motifs is 1. The van der Waals surface area contributed by atoms with Gasteiger partial charge in [-0.1, -0.05) is 51.1 Å². The first-order valence-electron chi connectivity index (χ1n) is 16.3. The number of nitrogens with zero attached hydrogens (tertiary/aromatic N) is 4. The normalized spacial score (nSPS) is 23.9. The van der Waals surface area contributed by atoms with Crippen LogP contribution in [0.1, 0.15) is 67.7 Å². The van der Waals surface area contributed by atoms with Crippen LogP contribution in [0, 0.1) is 5.41 Å². The first-order valence-corrected chi connectivity index (χ1v) is 17.3. The number of benzene rings is 2. The molecule has 2 aromatic carbocycles. The van der Waals surface area contributed by atoms with Crippen LogP contribution in [0.15, 0.2) is 48.5 Å². The third-order valence-electron chi connectivity index (χ3n) is 9.70. The van der Waals surface area contributed by atoms with Gasteiger partial charge in [0.05, 0.1) is 17.4 Å². The topological polar surface area (TPSA) is 85.4 Å². The van der Waals surface area contributed by atoms with Gasteiger partial charge in [0.25, 0.3) is 5.91 Å². The molecule has 3 amide bonds. The smallest absolute Gasteiger partial charge is 0.255 e. The number of rotatable bonds is 6. The van der Waals surface area contributed by atoms with E-state index in [0.29, 0.717) is 50.3 Å². The van der Waals surface area contributed by atoms with Gasteiger partial charge in [-0.05, 0) is 37.1 Å². The summed E-state index contributed by atoms with van der Waals surface area (Å²) in [5.41, 5.74) is 2.45. The van der Waals surface area contributed by atoms with Crippen molar-refractivity contribution >= 4 is 35.2 Å². The fourth-order valence-electron chi connectivity index (χ4n) is 6.76. The van der Waals surface area contributed by atoms with Crippen molar-refractivity contribution in [2.75, 3.05) is 64.3 Å². The fourth-order valence-corrected chi connectivity index (χ4v) is 8.26. The predicted molar refractivity (Wildman–Crippen MR) is 179 cm³/mol. The SMILES string of the molecule is CN1CCN(c2ccccc2C2SC(CC(=O)N3CCC4(CC3)CNC(=O)c3ccccc3O4)C(=O)N2CCC(C)(C)C)CC1. The molecule has 0 radical (unpaired) electrons. The van der Waals surface area contributed by atoms with E-state index < -0.39 is 10.9 Å². The molecule has 0 bridgehead atoms. The van der Waals surface area contributed by atoms with Gasteiger partial charge >= 0.3 is 0 Å². The third kappa shape index (κ3) is 6.97. The van der Waals surface area contributed by atoms with Gasteiger partial charge in [0.2, 0.25) is 11.8 Å². The number of ether oxygens (including phenoxy) is 1. The molecule has 4 aliphatic rings. The molecule has 10 heteroatoms. The number of para-hydroxylation sites is 2. The van der Waals surface area contributed by atoms with Crippen molar-refractivity contribution < 1.29 is 19.1 Å². The van der Waals surface area contributed by atoms with Crippen LogP contribution in [0.4, 0.5) is 5.69 Å². The maximum absolute atomic E-state index is 14.0. The van der Waals surface area contributed by atoms with Crippen LogP contribution in [-0.4, -0.2) is 103 Å². The van der Waals surface area contributed by atoms with E-state index in [0.717, 1.165) is 38.2 Å². The van der Waals surface area contributed by atoms with E-state index in [2.05, 4.69) is 67.2 Å². The second kappa shape index (κ2) is 12.9. The lowest BCUT2D eigenvalue weighted by Crippen LogP contribution is -2.54. The summed E-state index contributed by atoms with van der Waals surface area (Å²) in [6.07, 6.45) is 2.33. The number of likely N-dealkylation sites (tertiary alicyclic amines) is 1. The Balaban J connectivity index is 1.15. The molecule has 9 nitrogen and oxygen atoms in total. The zero-order valence-corrected chi connectivity index (χ0v) is 27.9. The Morgan fingerprint density at radius 3 is 2.40 bits per heavy atom. The van der Waals surface area contributed by atoms with E-state index in [1.165, 1.54) is 5.69 Å². The van der Waals surface area contributed by atoms with E-state index in [-0.39, 0.29) is 34.9 Å².